The Morgan fingerprint density at radius 2 is 1.95 bits per heavy atom. The lowest BCUT2D eigenvalue weighted by molar-refractivity contribution is 0.0787. The third-order valence-corrected chi connectivity index (χ3v) is 3.50. The zero-order valence-electron chi connectivity index (χ0n) is 11.7. The molecule has 1 amide bonds. The van der Waals surface area contributed by atoms with Crippen molar-refractivity contribution in [2.45, 2.75) is 19.4 Å². The number of rotatable bonds is 4. The fourth-order valence-electron chi connectivity index (χ4n) is 2.35. The van der Waals surface area contributed by atoms with E-state index < -0.39 is 0 Å². The zero-order chi connectivity index (χ0) is 14.5. The molecule has 0 saturated carbocycles. The standard InChI is InChI=1S/C15H17N5O/c21-15(20-7-1-2-8-20)13-9-14(19-11-18-13)17-10-12-3-5-16-6-4-12/h3-6,9,11H,1-2,7-8,10H2,(H,17,18,19). The van der Waals surface area contributed by atoms with E-state index in [1.54, 1.807) is 18.5 Å². The van der Waals surface area contributed by atoms with E-state index in [-0.39, 0.29) is 5.91 Å². The van der Waals surface area contributed by atoms with Crippen LogP contribution in [0.5, 0.6) is 0 Å². The van der Waals surface area contributed by atoms with E-state index >= 15 is 0 Å². The largest absolute Gasteiger partial charge is 0.366 e. The molecule has 108 valence electrons. The predicted molar refractivity (Wildman–Crippen MR) is 78.7 cm³/mol. The van der Waals surface area contributed by atoms with Gasteiger partial charge >= 0.3 is 0 Å². The molecular formula is C15H17N5O. The van der Waals surface area contributed by atoms with Crippen molar-refractivity contribution >= 4 is 11.7 Å². The Hall–Kier alpha value is -2.50. The molecule has 1 fully saturated rings. The molecule has 1 aliphatic rings. The van der Waals surface area contributed by atoms with Gasteiger partial charge in [0.15, 0.2) is 0 Å². The average molecular weight is 283 g/mol. The van der Waals surface area contributed by atoms with Crippen molar-refractivity contribution < 1.29 is 4.79 Å². The predicted octanol–water partition coefficient (Wildman–Crippen LogP) is 1.72. The summed E-state index contributed by atoms with van der Waals surface area (Å²) in [5.74, 6) is 0.645. The van der Waals surface area contributed by atoms with Gasteiger partial charge in [0, 0.05) is 38.1 Å². The summed E-state index contributed by atoms with van der Waals surface area (Å²) in [5.41, 5.74) is 1.56. The third kappa shape index (κ3) is 3.34. The lowest BCUT2D eigenvalue weighted by Gasteiger charge is -2.14. The Bertz CT molecular complexity index is 610. The highest BCUT2D eigenvalue weighted by atomic mass is 16.2. The minimum absolute atomic E-state index is 0.0122. The minimum atomic E-state index is -0.0122. The van der Waals surface area contributed by atoms with Crippen LogP contribution in [0.1, 0.15) is 28.9 Å². The third-order valence-electron chi connectivity index (χ3n) is 3.50. The van der Waals surface area contributed by atoms with Crippen LogP contribution in [0, 0.1) is 0 Å². The summed E-state index contributed by atoms with van der Waals surface area (Å²) in [7, 11) is 0. The second-order valence-corrected chi connectivity index (χ2v) is 5.00. The van der Waals surface area contributed by atoms with Gasteiger partial charge in [-0.2, -0.15) is 0 Å². The van der Waals surface area contributed by atoms with Crippen LogP contribution in [0.2, 0.25) is 0 Å². The van der Waals surface area contributed by atoms with E-state index in [1.807, 2.05) is 17.0 Å². The minimum Gasteiger partial charge on any atom is -0.366 e. The number of pyridine rings is 1. The Morgan fingerprint density at radius 1 is 1.19 bits per heavy atom. The second-order valence-electron chi connectivity index (χ2n) is 5.00. The molecule has 0 aliphatic carbocycles. The molecule has 0 spiro atoms. The SMILES string of the molecule is O=C(c1cc(NCc2ccncc2)ncn1)N1CCCC1. The quantitative estimate of drug-likeness (QED) is 0.925. The topological polar surface area (TPSA) is 71.0 Å². The Balaban J connectivity index is 1.66. The van der Waals surface area contributed by atoms with Crippen LogP contribution in [0.3, 0.4) is 0 Å². The van der Waals surface area contributed by atoms with Gasteiger partial charge in [-0.25, -0.2) is 9.97 Å². The second kappa shape index (κ2) is 6.30. The summed E-state index contributed by atoms with van der Waals surface area (Å²) >= 11 is 0. The van der Waals surface area contributed by atoms with E-state index in [9.17, 15) is 4.79 Å². The number of carbonyl (C=O) groups excluding carboxylic acids is 1. The first-order valence-electron chi connectivity index (χ1n) is 7.07. The maximum atomic E-state index is 12.3. The molecule has 3 rings (SSSR count). The normalized spacial score (nSPS) is 14.2. The van der Waals surface area contributed by atoms with Crippen molar-refractivity contribution in [2.24, 2.45) is 0 Å². The van der Waals surface area contributed by atoms with Crippen LogP contribution in [0.25, 0.3) is 0 Å². The maximum absolute atomic E-state index is 12.3. The van der Waals surface area contributed by atoms with Gasteiger partial charge in [0.25, 0.3) is 5.91 Å². The van der Waals surface area contributed by atoms with Gasteiger partial charge in [-0.05, 0) is 30.5 Å². The monoisotopic (exact) mass is 283 g/mol. The fraction of sp³-hybridized carbons (Fsp3) is 0.333. The molecule has 2 aromatic rings. The van der Waals surface area contributed by atoms with Crippen molar-refractivity contribution in [3.8, 4) is 0 Å². The molecular weight excluding hydrogens is 266 g/mol. The average Bonchev–Trinajstić information content (AvgIpc) is 3.08. The number of likely N-dealkylation sites (tertiary alicyclic amines) is 1. The zero-order valence-corrected chi connectivity index (χ0v) is 11.7. The molecule has 1 aliphatic heterocycles. The number of nitrogens with one attached hydrogen (secondary N) is 1. The molecule has 3 heterocycles. The summed E-state index contributed by atoms with van der Waals surface area (Å²) in [6.07, 6.45) is 7.07. The Kier molecular flexibility index (Phi) is 4.04. The van der Waals surface area contributed by atoms with Crippen molar-refractivity contribution in [3.05, 3.63) is 48.2 Å². The molecule has 21 heavy (non-hydrogen) atoms. The highest BCUT2D eigenvalue weighted by molar-refractivity contribution is 5.93. The van der Waals surface area contributed by atoms with Gasteiger partial charge < -0.3 is 10.2 Å². The van der Waals surface area contributed by atoms with Crippen molar-refractivity contribution in [1.29, 1.82) is 0 Å². The fourth-order valence-corrected chi connectivity index (χ4v) is 2.35. The van der Waals surface area contributed by atoms with E-state index in [0.29, 0.717) is 18.1 Å². The maximum Gasteiger partial charge on any atom is 0.272 e. The van der Waals surface area contributed by atoms with E-state index in [1.165, 1.54) is 6.33 Å². The van der Waals surface area contributed by atoms with Crippen LogP contribution in [0.15, 0.2) is 36.9 Å². The molecule has 1 N–H and O–H groups in total. The van der Waals surface area contributed by atoms with Gasteiger partial charge in [-0.3, -0.25) is 9.78 Å². The highest BCUT2D eigenvalue weighted by Crippen LogP contribution is 2.13. The Morgan fingerprint density at radius 3 is 2.71 bits per heavy atom. The van der Waals surface area contributed by atoms with Crippen molar-refractivity contribution in [3.63, 3.8) is 0 Å². The number of hydrogen-bond acceptors (Lipinski definition) is 5. The smallest absolute Gasteiger partial charge is 0.272 e. The van der Waals surface area contributed by atoms with Gasteiger partial charge in [0.2, 0.25) is 0 Å². The summed E-state index contributed by atoms with van der Waals surface area (Å²) in [4.78, 5) is 26.3. The molecule has 1 saturated heterocycles. The number of amides is 1. The molecule has 0 aromatic carbocycles. The van der Waals surface area contributed by atoms with Crippen LogP contribution in [-0.4, -0.2) is 38.8 Å². The number of anilines is 1. The Labute approximate surface area is 123 Å². The highest BCUT2D eigenvalue weighted by Gasteiger charge is 2.20. The van der Waals surface area contributed by atoms with E-state index in [0.717, 1.165) is 31.5 Å². The van der Waals surface area contributed by atoms with Crippen LogP contribution < -0.4 is 5.32 Å². The lowest BCUT2D eigenvalue weighted by Crippen LogP contribution is -2.28. The first-order chi connectivity index (χ1) is 10.3. The van der Waals surface area contributed by atoms with Gasteiger partial charge in [0.1, 0.15) is 17.8 Å². The summed E-state index contributed by atoms with van der Waals surface area (Å²) in [6, 6.07) is 5.58. The van der Waals surface area contributed by atoms with E-state index in [2.05, 4.69) is 20.3 Å². The number of nitrogens with zero attached hydrogens (tertiary/aromatic N) is 4. The molecule has 0 atom stereocenters. The van der Waals surface area contributed by atoms with Crippen molar-refractivity contribution in [2.75, 3.05) is 18.4 Å². The molecule has 6 nitrogen and oxygen atoms in total. The number of carbonyl (C=O) groups is 1. The van der Waals surface area contributed by atoms with Gasteiger partial charge in [-0.15, -0.1) is 0 Å². The van der Waals surface area contributed by atoms with Crippen LogP contribution in [-0.2, 0) is 6.54 Å². The summed E-state index contributed by atoms with van der Waals surface area (Å²) in [6.45, 7) is 2.28. The molecule has 2 aromatic heterocycles. The van der Waals surface area contributed by atoms with Crippen molar-refractivity contribution in [1.82, 2.24) is 19.9 Å². The van der Waals surface area contributed by atoms with Crippen LogP contribution in [0.4, 0.5) is 5.82 Å². The first kappa shape index (κ1) is 13.5. The molecule has 0 radical (unpaired) electrons. The first-order valence-corrected chi connectivity index (χ1v) is 7.07. The lowest BCUT2D eigenvalue weighted by atomic mass is 10.2. The van der Waals surface area contributed by atoms with Gasteiger partial charge in [-0.1, -0.05) is 0 Å². The van der Waals surface area contributed by atoms with E-state index in [4.69, 9.17) is 0 Å². The van der Waals surface area contributed by atoms with Gasteiger partial charge in [0.05, 0.1) is 0 Å². The molecule has 6 heteroatoms. The number of hydrogen-bond donors (Lipinski definition) is 1. The molecule has 0 unspecified atom stereocenters. The van der Waals surface area contributed by atoms with Crippen LogP contribution >= 0.6 is 0 Å². The molecule has 0 bridgehead atoms. The summed E-state index contributed by atoms with van der Waals surface area (Å²) in [5, 5.41) is 3.20. The number of aromatic nitrogens is 3. The summed E-state index contributed by atoms with van der Waals surface area (Å²) < 4.78 is 0.